The van der Waals surface area contributed by atoms with Crippen molar-refractivity contribution >= 4 is 17.2 Å². The SMILES string of the molecule is CCCCC(CC)CN1C(=O)C(C)NC1c1ccc(C)s1. The van der Waals surface area contributed by atoms with Gasteiger partial charge in [-0.1, -0.05) is 33.1 Å². The molecule has 0 spiro atoms. The van der Waals surface area contributed by atoms with Crippen LogP contribution >= 0.6 is 11.3 Å². The number of amides is 1. The summed E-state index contributed by atoms with van der Waals surface area (Å²) < 4.78 is 0. The van der Waals surface area contributed by atoms with Crippen LogP contribution in [-0.2, 0) is 4.79 Å². The van der Waals surface area contributed by atoms with Crippen molar-refractivity contribution < 1.29 is 4.79 Å². The van der Waals surface area contributed by atoms with Gasteiger partial charge in [-0.25, -0.2) is 0 Å². The van der Waals surface area contributed by atoms with Crippen LogP contribution in [-0.4, -0.2) is 23.4 Å². The summed E-state index contributed by atoms with van der Waals surface area (Å²) in [6.45, 7) is 9.45. The number of thiophene rings is 1. The highest BCUT2D eigenvalue weighted by Gasteiger charge is 2.38. The predicted octanol–water partition coefficient (Wildman–Crippen LogP) is 4.09. The summed E-state index contributed by atoms with van der Waals surface area (Å²) in [7, 11) is 0. The molecule has 1 aromatic heterocycles. The van der Waals surface area contributed by atoms with E-state index in [1.54, 1.807) is 11.3 Å². The van der Waals surface area contributed by atoms with Crippen LogP contribution in [0.4, 0.5) is 0 Å². The lowest BCUT2D eigenvalue weighted by Gasteiger charge is -2.28. The van der Waals surface area contributed by atoms with Gasteiger partial charge in [0.2, 0.25) is 5.91 Å². The molecule has 21 heavy (non-hydrogen) atoms. The Bertz CT molecular complexity index is 471. The third kappa shape index (κ3) is 3.86. The molecule has 3 nitrogen and oxygen atoms in total. The minimum Gasteiger partial charge on any atom is -0.320 e. The molecule has 4 heteroatoms. The predicted molar refractivity (Wildman–Crippen MR) is 89.4 cm³/mol. The molecule has 0 aromatic carbocycles. The van der Waals surface area contributed by atoms with Gasteiger partial charge in [-0.3, -0.25) is 10.1 Å². The molecule has 1 aliphatic rings. The molecule has 1 amide bonds. The molecule has 2 heterocycles. The van der Waals surface area contributed by atoms with Crippen LogP contribution in [0.5, 0.6) is 0 Å². The number of nitrogens with one attached hydrogen (secondary N) is 1. The Labute approximate surface area is 132 Å². The lowest BCUT2D eigenvalue weighted by Crippen LogP contribution is -2.34. The number of carbonyl (C=O) groups is 1. The van der Waals surface area contributed by atoms with E-state index in [-0.39, 0.29) is 18.1 Å². The van der Waals surface area contributed by atoms with Gasteiger partial charge in [-0.2, -0.15) is 0 Å². The molecule has 3 atom stereocenters. The maximum absolute atomic E-state index is 12.5. The Morgan fingerprint density at radius 1 is 1.38 bits per heavy atom. The number of carbonyl (C=O) groups excluding carboxylic acids is 1. The molecular formula is C17H28N2OS. The van der Waals surface area contributed by atoms with Crippen molar-refractivity contribution in [1.29, 1.82) is 0 Å². The van der Waals surface area contributed by atoms with Gasteiger partial charge < -0.3 is 4.90 Å². The lowest BCUT2D eigenvalue weighted by atomic mass is 9.98. The standard InChI is InChI=1S/C17H28N2OS/c1-5-7-8-14(6-2)11-19-16(18-13(4)17(19)20)15-10-9-12(3)21-15/h9-10,13-14,16,18H,5-8,11H2,1-4H3. The fourth-order valence-electron chi connectivity index (χ4n) is 3.00. The van der Waals surface area contributed by atoms with Crippen LogP contribution in [0.2, 0.25) is 0 Å². The maximum Gasteiger partial charge on any atom is 0.241 e. The molecule has 0 aliphatic carbocycles. The van der Waals surface area contributed by atoms with E-state index in [1.165, 1.54) is 29.0 Å². The van der Waals surface area contributed by atoms with E-state index in [0.717, 1.165) is 13.0 Å². The normalized spacial score (nSPS) is 23.8. The first kappa shape index (κ1) is 16.5. The van der Waals surface area contributed by atoms with E-state index >= 15 is 0 Å². The molecule has 0 radical (unpaired) electrons. The Morgan fingerprint density at radius 2 is 2.14 bits per heavy atom. The summed E-state index contributed by atoms with van der Waals surface area (Å²) in [5.41, 5.74) is 0. The van der Waals surface area contributed by atoms with Gasteiger partial charge in [0.25, 0.3) is 0 Å². The molecule has 1 N–H and O–H groups in total. The molecule has 2 rings (SSSR count). The average molecular weight is 308 g/mol. The van der Waals surface area contributed by atoms with Crippen molar-refractivity contribution in [3.05, 3.63) is 21.9 Å². The summed E-state index contributed by atoms with van der Waals surface area (Å²) in [6, 6.07) is 4.23. The largest absolute Gasteiger partial charge is 0.320 e. The fraction of sp³-hybridized carbons (Fsp3) is 0.706. The first-order chi connectivity index (χ1) is 10.1. The molecule has 1 saturated heterocycles. The first-order valence-corrected chi connectivity index (χ1v) is 9.01. The molecule has 0 saturated carbocycles. The smallest absolute Gasteiger partial charge is 0.241 e. The highest BCUT2D eigenvalue weighted by Crippen LogP contribution is 2.32. The number of hydrogen-bond donors (Lipinski definition) is 1. The summed E-state index contributed by atoms with van der Waals surface area (Å²) in [6.07, 6.45) is 4.93. The molecule has 1 aromatic rings. The van der Waals surface area contributed by atoms with Gasteiger partial charge in [0.1, 0.15) is 6.17 Å². The molecular weight excluding hydrogens is 280 g/mol. The zero-order valence-corrected chi connectivity index (χ0v) is 14.5. The van der Waals surface area contributed by atoms with Crippen molar-refractivity contribution in [3.63, 3.8) is 0 Å². The number of hydrogen-bond acceptors (Lipinski definition) is 3. The van der Waals surface area contributed by atoms with Crippen LogP contribution in [0.15, 0.2) is 12.1 Å². The Morgan fingerprint density at radius 3 is 2.71 bits per heavy atom. The van der Waals surface area contributed by atoms with Gasteiger partial charge >= 0.3 is 0 Å². The summed E-state index contributed by atoms with van der Waals surface area (Å²) >= 11 is 1.79. The number of rotatable bonds is 7. The monoisotopic (exact) mass is 308 g/mol. The van der Waals surface area contributed by atoms with Gasteiger partial charge in [-0.15, -0.1) is 11.3 Å². The number of aryl methyl sites for hydroxylation is 1. The summed E-state index contributed by atoms with van der Waals surface area (Å²) in [5.74, 6) is 0.866. The Balaban J connectivity index is 2.11. The third-order valence-electron chi connectivity index (χ3n) is 4.40. The highest BCUT2D eigenvalue weighted by atomic mass is 32.1. The van der Waals surface area contributed by atoms with Crippen LogP contribution in [0.3, 0.4) is 0 Å². The van der Waals surface area contributed by atoms with Crippen molar-refractivity contribution in [3.8, 4) is 0 Å². The second-order valence-electron chi connectivity index (χ2n) is 6.15. The van der Waals surface area contributed by atoms with Crippen molar-refractivity contribution in [1.82, 2.24) is 10.2 Å². The topological polar surface area (TPSA) is 32.3 Å². The molecule has 1 fully saturated rings. The molecule has 3 unspecified atom stereocenters. The second kappa shape index (κ2) is 7.41. The van der Waals surface area contributed by atoms with Gasteiger partial charge in [0.05, 0.1) is 6.04 Å². The van der Waals surface area contributed by atoms with E-state index in [9.17, 15) is 4.79 Å². The van der Waals surface area contributed by atoms with Crippen LogP contribution < -0.4 is 5.32 Å². The van der Waals surface area contributed by atoms with E-state index in [0.29, 0.717) is 5.92 Å². The summed E-state index contributed by atoms with van der Waals surface area (Å²) in [4.78, 5) is 17.1. The van der Waals surface area contributed by atoms with Crippen LogP contribution in [0.1, 0.15) is 62.4 Å². The van der Waals surface area contributed by atoms with Crippen molar-refractivity contribution in [2.75, 3.05) is 6.54 Å². The average Bonchev–Trinajstić information content (AvgIpc) is 3.01. The molecule has 1 aliphatic heterocycles. The van der Waals surface area contributed by atoms with E-state index in [4.69, 9.17) is 0 Å². The Kier molecular flexibility index (Phi) is 5.82. The minimum absolute atomic E-state index is 0.0684. The first-order valence-electron chi connectivity index (χ1n) is 8.19. The molecule has 0 bridgehead atoms. The number of unbranched alkanes of at least 4 members (excludes halogenated alkanes) is 1. The quantitative estimate of drug-likeness (QED) is 0.823. The third-order valence-corrected chi connectivity index (χ3v) is 5.45. The van der Waals surface area contributed by atoms with Crippen LogP contribution in [0, 0.1) is 12.8 Å². The van der Waals surface area contributed by atoms with Crippen LogP contribution in [0.25, 0.3) is 0 Å². The van der Waals surface area contributed by atoms with E-state index in [1.807, 2.05) is 6.92 Å². The van der Waals surface area contributed by atoms with Gasteiger partial charge in [0.15, 0.2) is 0 Å². The zero-order valence-electron chi connectivity index (χ0n) is 13.7. The van der Waals surface area contributed by atoms with E-state index in [2.05, 4.69) is 43.1 Å². The van der Waals surface area contributed by atoms with Gasteiger partial charge in [0, 0.05) is 16.3 Å². The van der Waals surface area contributed by atoms with Gasteiger partial charge in [-0.05, 0) is 38.3 Å². The highest BCUT2D eigenvalue weighted by molar-refractivity contribution is 7.12. The lowest BCUT2D eigenvalue weighted by molar-refractivity contribution is -0.130. The molecule has 118 valence electrons. The van der Waals surface area contributed by atoms with Crippen molar-refractivity contribution in [2.45, 2.75) is 65.6 Å². The number of nitrogens with zero attached hydrogens (tertiary/aromatic N) is 1. The Hall–Kier alpha value is -0.870. The summed E-state index contributed by atoms with van der Waals surface area (Å²) in [5, 5.41) is 3.46. The zero-order chi connectivity index (χ0) is 15.4. The van der Waals surface area contributed by atoms with Crippen molar-refractivity contribution in [2.24, 2.45) is 5.92 Å². The fourth-order valence-corrected chi connectivity index (χ4v) is 3.95. The maximum atomic E-state index is 12.5. The minimum atomic E-state index is -0.0684. The second-order valence-corrected chi connectivity index (χ2v) is 7.47. The van der Waals surface area contributed by atoms with E-state index < -0.39 is 0 Å².